The van der Waals surface area contributed by atoms with Crippen molar-refractivity contribution in [3.63, 3.8) is 0 Å². The predicted octanol–water partition coefficient (Wildman–Crippen LogP) is 2.51. The summed E-state index contributed by atoms with van der Waals surface area (Å²) in [6.45, 7) is 1.98. The van der Waals surface area contributed by atoms with Crippen LogP contribution in [0, 0.1) is 0 Å². The van der Waals surface area contributed by atoms with Crippen LogP contribution in [0.1, 0.15) is 34.7 Å². The predicted molar refractivity (Wildman–Crippen MR) is 63.3 cm³/mol. The third-order valence-electron chi connectivity index (χ3n) is 2.98. The van der Waals surface area contributed by atoms with Crippen LogP contribution < -0.4 is 5.32 Å². The molecule has 0 spiro atoms. The quantitative estimate of drug-likeness (QED) is 0.834. The Morgan fingerprint density at radius 3 is 2.88 bits per heavy atom. The number of carboxylic acid groups (broad SMARTS) is 1. The highest BCUT2D eigenvalue weighted by Gasteiger charge is 2.18. The lowest BCUT2D eigenvalue weighted by Crippen LogP contribution is -2.28. The van der Waals surface area contributed by atoms with E-state index in [0.717, 1.165) is 31.5 Å². The molecule has 1 saturated heterocycles. The van der Waals surface area contributed by atoms with Crippen LogP contribution in [0.2, 0.25) is 5.02 Å². The molecule has 2 rings (SSSR count). The van der Waals surface area contributed by atoms with Gasteiger partial charge in [-0.25, -0.2) is 4.79 Å². The molecule has 3 nitrogen and oxygen atoms in total. The van der Waals surface area contributed by atoms with Crippen LogP contribution in [0.25, 0.3) is 0 Å². The van der Waals surface area contributed by atoms with Gasteiger partial charge in [0, 0.05) is 11.6 Å². The Kier molecular flexibility index (Phi) is 3.46. The highest BCUT2D eigenvalue weighted by Crippen LogP contribution is 2.30. The van der Waals surface area contributed by atoms with Gasteiger partial charge in [-0.1, -0.05) is 17.7 Å². The third-order valence-corrected chi connectivity index (χ3v) is 3.31. The van der Waals surface area contributed by atoms with Gasteiger partial charge in [0.1, 0.15) is 0 Å². The maximum absolute atomic E-state index is 10.8. The number of hydrogen-bond donors (Lipinski definition) is 2. The molecule has 1 aliphatic rings. The number of nitrogens with one attached hydrogen (secondary N) is 1. The number of halogens is 1. The summed E-state index contributed by atoms with van der Waals surface area (Å²) in [5.41, 5.74) is 1.30. The maximum atomic E-state index is 10.8. The van der Waals surface area contributed by atoms with Crippen LogP contribution in [0.5, 0.6) is 0 Å². The summed E-state index contributed by atoms with van der Waals surface area (Å²) in [5.74, 6) is -0.528. The molecule has 0 radical (unpaired) electrons. The number of carboxylic acids is 1. The second-order valence-electron chi connectivity index (χ2n) is 4.08. The number of benzene rings is 1. The van der Waals surface area contributed by atoms with Gasteiger partial charge in [0.15, 0.2) is 0 Å². The van der Waals surface area contributed by atoms with Crippen LogP contribution >= 0.6 is 11.6 Å². The number of aromatic carboxylic acids is 1. The molecule has 1 fully saturated rings. The normalized spacial score (nSPS) is 20.7. The van der Waals surface area contributed by atoms with Crippen LogP contribution in [0.4, 0.5) is 0 Å². The molecule has 1 aliphatic heterocycles. The van der Waals surface area contributed by atoms with Crippen molar-refractivity contribution >= 4 is 17.6 Å². The first kappa shape index (κ1) is 11.4. The summed E-state index contributed by atoms with van der Waals surface area (Å²) < 4.78 is 0. The molecule has 1 atom stereocenters. The van der Waals surface area contributed by atoms with Gasteiger partial charge in [-0.2, -0.15) is 0 Å². The van der Waals surface area contributed by atoms with Crippen LogP contribution in [0.3, 0.4) is 0 Å². The van der Waals surface area contributed by atoms with E-state index in [-0.39, 0.29) is 5.56 Å². The summed E-state index contributed by atoms with van der Waals surface area (Å²) in [4.78, 5) is 10.8. The van der Waals surface area contributed by atoms with Gasteiger partial charge in [0.25, 0.3) is 0 Å². The van der Waals surface area contributed by atoms with E-state index in [1.807, 2.05) is 6.07 Å². The molecule has 0 aliphatic carbocycles. The fourth-order valence-corrected chi connectivity index (χ4v) is 2.44. The topological polar surface area (TPSA) is 49.3 Å². The van der Waals surface area contributed by atoms with Crippen molar-refractivity contribution in [2.75, 3.05) is 13.1 Å². The molecule has 0 amide bonds. The van der Waals surface area contributed by atoms with E-state index >= 15 is 0 Å². The summed E-state index contributed by atoms with van der Waals surface area (Å²) in [7, 11) is 0. The van der Waals surface area contributed by atoms with Crippen molar-refractivity contribution < 1.29 is 9.90 Å². The van der Waals surface area contributed by atoms with Gasteiger partial charge in [-0.3, -0.25) is 0 Å². The van der Waals surface area contributed by atoms with Crippen molar-refractivity contribution in [3.8, 4) is 0 Å². The molecular weight excluding hydrogens is 226 g/mol. The lowest BCUT2D eigenvalue weighted by molar-refractivity contribution is 0.0697. The average molecular weight is 240 g/mol. The molecule has 0 aromatic heterocycles. The Labute approximate surface area is 99.4 Å². The standard InChI is InChI=1S/C12H14ClNO2/c13-11-6-8(12(15)16)3-4-10(11)9-2-1-5-14-7-9/h3-4,6,9,14H,1-2,5,7H2,(H,15,16). The Bertz CT molecular complexity index is 400. The average Bonchev–Trinajstić information content (AvgIpc) is 2.30. The molecule has 16 heavy (non-hydrogen) atoms. The van der Waals surface area contributed by atoms with Crippen LogP contribution in [0.15, 0.2) is 18.2 Å². The molecule has 1 aromatic carbocycles. The van der Waals surface area contributed by atoms with Gasteiger partial charge in [0.2, 0.25) is 0 Å². The zero-order chi connectivity index (χ0) is 11.5. The van der Waals surface area contributed by atoms with Crippen molar-refractivity contribution in [2.45, 2.75) is 18.8 Å². The fraction of sp³-hybridized carbons (Fsp3) is 0.417. The molecule has 1 aromatic rings. The molecule has 1 heterocycles. The zero-order valence-electron chi connectivity index (χ0n) is 8.87. The summed E-state index contributed by atoms with van der Waals surface area (Å²) >= 11 is 6.12. The Balaban J connectivity index is 2.24. The number of rotatable bonds is 2. The monoisotopic (exact) mass is 239 g/mol. The zero-order valence-corrected chi connectivity index (χ0v) is 9.63. The summed E-state index contributed by atoms with van der Waals surface area (Å²) in [5, 5.41) is 12.7. The minimum absolute atomic E-state index is 0.248. The molecule has 86 valence electrons. The molecule has 4 heteroatoms. The van der Waals surface area contributed by atoms with E-state index < -0.39 is 5.97 Å². The second-order valence-corrected chi connectivity index (χ2v) is 4.49. The minimum Gasteiger partial charge on any atom is -0.478 e. The lowest BCUT2D eigenvalue weighted by atomic mass is 9.91. The first-order chi connectivity index (χ1) is 7.68. The van der Waals surface area contributed by atoms with E-state index in [2.05, 4.69) is 5.32 Å². The molecular formula is C12H14ClNO2. The summed E-state index contributed by atoms with van der Waals surface area (Å²) in [6, 6.07) is 5.00. The Morgan fingerprint density at radius 2 is 2.31 bits per heavy atom. The first-order valence-electron chi connectivity index (χ1n) is 5.42. The highest BCUT2D eigenvalue weighted by molar-refractivity contribution is 6.31. The smallest absolute Gasteiger partial charge is 0.335 e. The van der Waals surface area contributed by atoms with Gasteiger partial charge in [0.05, 0.1) is 5.56 Å². The van der Waals surface area contributed by atoms with Gasteiger partial charge < -0.3 is 10.4 Å². The van der Waals surface area contributed by atoms with Crippen LogP contribution in [-0.4, -0.2) is 24.2 Å². The maximum Gasteiger partial charge on any atom is 0.335 e. The van der Waals surface area contributed by atoms with Gasteiger partial charge in [-0.15, -0.1) is 0 Å². The lowest BCUT2D eigenvalue weighted by Gasteiger charge is -2.24. The SMILES string of the molecule is O=C(O)c1ccc(C2CCCNC2)c(Cl)c1. The van der Waals surface area contributed by atoms with E-state index in [9.17, 15) is 4.79 Å². The van der Waals surface area contributed by atoms with E-state index in [1.165, 1.54) is 6.07 Å². The van der Waals surface area contributed by atoms with Gasteiger partial charge in [-0.05, 0) is 43.0 Å². The van der Waals surface area contributed by atoms with E-state index in [0.29, 0.717) is 10.9 Å². The Morgan fingerprint density at radius 1 is 1.50 bits per heavy atom. The van der Waals surface area contributed by atoms with Crippen LogP contribution in [-0.2, 0) is 0 Å². The summed E-state index contributed by atoms with van der Waals surface area (Å²) in [6.07, 6.45) is 2.25. The highest BCUT2D eigenvalue weighted by atomic mass is 35.5. The van der Waals surface area contributed by atoms with Gasteiger partial charge >= 0.3 is 5.97 Å². The van der Waals surface area contributed by atoms with E-state index in [1.54, 1.807) is 6.07 Å². The van der Waals surface area contributed by atoms with E-state index in [4.69, 9.17) is 16.7 Å². The van der Waals surface area contributed by atoms with Crippen molar-refractivity contribution in [1.82, 2.24) is 5.32 Å². The third kappa shape index (κ3) is 2.36. The fourth-order valence-electron chi connectivity index (χ4n) is 2.11. The Hall–Kier alpha value is -1.06. The largest absolute Gasteiger partial charge is 0.478 e. The first-order valence-corrected chi connectivity index (χ1v) is 5.79. The molecule has 0 bridgehead atoms. The molecule has 0 saturated carbocycles. The number of hydrogen-bond acceptors (Lipinski definition) is 2. The van der Waals surface area contributed by atoms with Crippen molar-refractivity contribution in [3.05, 3.63) is 34.3 Å². The van der Waals surface area contributed by atoms with Crippen molar-refractivity contribution in [2.24, 2.45) is 0 Å². The second kappa shape index (κ2) is 4.85. The molecule has 2 N–H and O–H groups in total. The molecule has 1 unspecified atom stereocenters. The minimum atomic E-state index is -0.935. The number of carbonyl (C=O) groups is 1. The van der Waals surface area contributed by atoms with Crippen molar-refractivity contribution in [1.29, 1.82) is 0 Å². The number of piperidine rings is 1.